The van der Waals surface area contributed by atoms with Crippen LogP contribution < -0.4 is 20.3 Å². The topological polar surface area (TPSA) is 160 Å². The molecule has 3 atom stereocenters. The number of methoxy groups -OCH3 is 2. The van der Waals surface area contributed by atoms with Crippen molar-refractivity contribution in [1.82, 2.24) is 29.6 Å². The largest absolute Gasteiger partial charge is 0.496 e. The standard InChI is InChI=1S/C42H40N6O8/c1-45-22-31(27-12-14-43-19-30(27)40(45)52)25-17-35(55-2)32(36(18-25)56-3)23-46-15-13-33-26(20-46)21-47(33)38(50)7-5-4-6-24-8-9-28-29(16-24)42(54)48(41(28)53)34-10-11-37(49)44-39(34)51/h8-9,12,14,16-19,22,26,33-34H,5,7,10-11,13,15,20-21,23H2,1-3H3,(H,44,49,51). The Bertz CT molecular complexity index is 2440. The molecule has 0 saturated carbocycles. The third-order valence-corrected chi connectivity index (χ3v) is 11.4. The third-order valence-electron chi connectivity index (χ3n) is 11.4. The Balaban J connectivity index is 0.868. The van der Waals surface area contributed by atoms with Crippen LogP contribution in [0.5, 0.6) is 11.5 Å². The molecule has 0 bridgehead atoms. The predicted molar refractivity (Wildman–Crippen MR) is 204 cm³/mol. The number of fused-ring (bicyclic) bond motifs is 3. The first-order chi connectivity index (χ1) is 27.1. The molecule has 5 amide bonds. The van der Waals surface area contributed by atoms with E-state index in [1.54, 1.807) is 44.3 Å². The van der Waals surface area contributed by atoms with Gasteiger partial charge in [0.2, 0.25) is 17.7 Å². The van der Waals surface area contributed by atoms with Crippen molar-refractivity contribution in [3.8, 4) is 34.5 Å². The van der Waals surface area contributed by atoms with Crippen LogP contribution >= 0.6 is 0 Å². The number of amides is 5. The number of nitrogens with one attached hydrogen (secondary N) is 1. The van der Waals surface area contributed by atoms with E-state index in [0.717, 1.165) is 46.5 Å². The van der Waals surface area contributed by atoms with Crippen molar-refractivity contribution in [2.75, 3.05) is 33.9 Å². The van der Waals surface area contributed by atoms with Gasteiger partial charge >= 0.3 is 0 Å². The number of carbonyl (C=O) groups is 5. The van der Waals surface area contributed by atoms with E-state index in [1.165, 1.54) is 12.1 Å². The monoisotopic (exact) mass is 756 g/mol. The number of piperidine rings is 2. The number of ether oxygens (including phenoxy) is 2. The quantitative estimate of drug-likeness (QED) is 0.209. The number of pyridine rings is 2. The molecule has 4 aliphatic rings. The predicted octanol–water partition coefficient (Wildman–Crippen LogP) is 2.88. The van der Waals surface area contributed by atoms with Gasteiger partial charge in [-0.2, -0.15) is 0 Å². The van der Waals surface area contributed by atoms with E-state index < -0.39 is 29.7 Å². The number of hydrogen-bond donors (Lipinski definition) is 1. The number of rotatable bonds is 8. The van der Waals surface area contributed by atoms with Crippen LogP contribution in [0.2, 0.25) is 0 Å². The summed E-state index contributed by atoms with van der Waals surface area (Å²) in [7, 11) is 5.01. The minimum Gasteiger partial charge on any atom is -0.496 e. The Morgan fingerprint density at radius 2 is 1.70 bits per heavy atom. The zero-order valence-corrected chi connectivity index (χ0v) is 31.3. The number of carbonyl (C=O) groups excluding carboxylic acids is 5. The molecule has 2 aromatic heterocycles. The summed E-state index contributed by atoms with van der Waals surface area (Å²) in [5.41, 5.74) is 3.45. The molecule has 0 radical (unpaired) electrons. The van der Waals surface area contributed by atoms with Gasteiger partial charge in [-0.3, -0.25) is 48.9 Å². The first-order valence-corrected chi connectivity index (χ1v) is 18.6. The van der Waals surface area contributed by atoms with Crippen molar-refractivity contribution in [2.24, 2.45) is 13.0 Å². The van der Waals surface area contributed by atoms with E-state index in [4.69, 9.17) is 9.47 Å². The van der Waals surface area contributed by atoms with Crippen LogP contribution in [0.1, 0.15) is 63.9 Å². The highest BCUT2D eigenvalue weighted by Gasteiger charge is 2.46. The summed E-state index contributed by atoms with van der Waals surface area (Å²) in [6, 6.07) is 9.68. The number of likely N-dealkylation sites (tertiary alicyclic amines) is 2. The van der Waals surface area contributed by atoms with E-state index in [0.29, 0.717) is 47.9 Å². The lowest BCUT2D eigenvalue weighted by Gasteiger charge is -2.53. The van der Waals surface area contributed by atoms with Crippen molar-refractivity contribution in [2.45, 2.75) is 50.7 Å². The summed E-state index contributed by atoms with van der Waals surface area (Å²) in [5.74, 6) is 5.61. The Hall–Kier alpha value is -6.33. The Morgan fingerprint density at radius 1 is 0.929 bits per heavy atom. The fourth-order valence-electron chi connectivity index (χ4n) is 8.45. The van der Waals surface area contributed by atoms with E-state index in [1.807, 2.05) is 29.3 Å². The van der Waals surface area contributed by atoms with Gasteiger partial charge in [-0.15, -0.1) is 0 Å². The van der Waals surface area contributed by atoms with Crippen molar-refractivity contribution in [3.63, 3.8) is 0 Å². The van der Waals surface area contributed by atoms with Crippen molar-refractivity contribution in [1.29, 1.82) is 0 Å². The molecule has 4 aliphatic heterocycles. The summed E-state index contributed by atoms with van der Waals surface area (Å²) in [5, 5.41) is 3.53. The molecule has 3 fully saturated rings. The second-order valence-corrected chi connectivity index (χ2v) is 14.6. The molecule has 14 nitrogen and oxygen atoms in total. The van der Waals surface area contributed by atoms with E-state index in [2.05, 4.69) is 27.0 Å². The zero-order valence-electron chi connectivity index (χ0n) is 31.3. The molecule has 56 heavy (non-hydrogen) atoms. The molecule has 4 aromatic rings. The van der Waals surface area contributed by atoms with Crippen LogP contribution in [0, 0.1) is 17.8 Å². The molecule has 3 saturated heterocycles. The minimum atomic E-state index is -1.03. The van der Waals surface area contributed by atoms with Crippen LogP contribution in [-0.4, -0.2) is 99.7 Å². The average molecular weight is 757 g/mol. The highest BCUT2D eigenvalue weighted by molar-refractivity contribution is 6.23. The average Bonchev–Trinajstić information content (AvgIpc) is 3.43. The van der Waals surface area contributed by atoms with Gasteiger partial charge in [0.1, 0.15) is 17.5 Å². The fraction of sp³-hybridized carbons (Fsp3) is 0.357. The number of aromatic nitrogens is 2. The van der Waals surface area contributed by atoms with Crippen LogP contribution in [0.15, 0.2) is 59.8 Å². The molecule has 0 spiro atoms. The summed E-state index contributed by atoms with van der Waals surface area (Å²) in [6.07, 6.45) is 6.69. The first-order valence-electron chi connectivity index (χ1n) is 18.6. The maximum atomic E-state index is 13.2. The van der Waals surface area contributed by atoms with Gasteiger partial charge in [-0.1, -0.05) is 11.8 Å². The smallest absolute Gasteiger partial charge is 0.262 e. The first kappa shape index (κ1) is 36.6. The normalized spacial score (nSPS) is 20.5. The molecule has 3 unspecified atom stereocenters. The summed E-state index contributed by atoms with van der Waals surface area (Å²) in [6.45, 7) is 2.94. The van der Waals surface area contributed by atoms with Crippen molar-refractivity contribution >= 4 is 40.3 Å². The molecule has 286 valence electrons. The molecular weight excluding hydrogens is 716 g/mol. The Morgan fingerprint density at radius 3 is 2.43 bits per heavy atom. The van der Waals surface area contributed by atoms with Gasteiger partial charge in [0.15, 0.2) is 0 Å². The Labute approximate surface area is 322 Å². The third kappa shape index (κ3) is 6.47. The highest BCUT2D eigenvalue weighted by atomic mass is 16.5. The minimum absolute atomic E-state index is 0.0519. The number of nitrogens with zero attached hydrogens (tertiary/aromatic N) is 5. The highest BCUT2D eigenvalue weighted by Crippen LogP contribution is 2.40. The van der Waals surface area contributed by atoms with Crippen LogP contribution in [-0.2, 0) is 28.0 Å². The lowest BCUT2D eigenvalue weighted by molar-refractivity contribution is -0.148. The second kappa shape index (κ2) is 14.7. The van der Waals surface area contributed by atoms with Gasteiger partial charge < -0.3 is 18.9 Å². The number of hydrogen-bond acceptors (Lipinski definition) is 10. The van der Waals surface area contributed by atoms with Crippen LogP contribution in [0.4, 0.5) is 0 Å². The van der Waals surface area contributed by atoms with Gasteiger partial charge in [-0.05, 0) is 60.2 Å². The van der Waals surface area contributed by atoms with Gasteiger partial charge in [0.05, 0.1) is 36.3 Å². The van der Waals surface area contributed by atoms with Gasteiger partial charge in [0, 0.05) is 94.2 Å². The SMILES string of the molecule is COc1cc(-c2cn(C)c(=O)c3cnccc23)cc(OC)c1CN1CCC2C(C1)CN2C(=O)CCC#Cc1ccc2c(c1)C(=O)N(C1CCC(=O)NC1=O)C2=O. The summed E-state index contributed by atoms with van der Waals surface area (Å²) < 4.78 is 13.4. The number of aryl methyl sites for hydroxylation is 1. The molecule has 6 heterocycles. The van der Waals surface area contributed by atoms with E-state index >= 15 is 0 Å². The maximum absolute atomic E-state index is 13.2. The van der Waals surface area contributed by atoms with Gasteiger partial charge in [-0.25, -0.2) is 0 Å². The van der Waals surface area contributed by atoms with Crippen molar-refractivity contribution < 1.29 is 33.4 Å². The number of benzene rings is 2. The second-order valence-electron chi connectivity index (χ2n) is 14.6. The van der Waals surface area contributed by atoms with E-state index in [-0.39, 0.29) is 47.9 Å². The Kier molecular flexibility index (Phi) is 9.63. The van der Waals surface area contributed by atoms with Gasteiger partial charge in [0.25, 0.3) is 17.4 Å². The molecule has 2 aromatic carbocycles. The van der Waals surface area contributed by atoms with E-state index in [9.17, 15) is 28.8 Å². The molecular formula is C42H40N6O8. The molecule has 0 aliphatic carbocycles. The number of imide groups is 2. The summed E-state index contributed by atoms with van der Waals surface area (Å²) >= 11 is 0. The van der Waals surface area contributed by atoms with Crippen LogP contribution in [0.25, 0.3) is 21.9 Å². The molecule has 8 rings (SSSR count). The molecule has 1 N–H and O–H groups in total. The maximum Gasteiger partial charge on any atom is 0.262 e. The fourth-order valence-corrected chi connectivity index (χ4v) is 8.45. The molecule has 14 heteroatoms. The van der Waals surface area contributed by atoms with Crippen LogP contribution in [0.3, 0.4) is 0 Å². The lowest BCUT2D eigenvalue weighted by Crippen LogP contribution is -2.64. The summed E-state index contributed by atoms with van der Waals surface area (Å²) in [4.78, 5) is 85.4. The lowest BCUT2D eigenvalue weighted by atomic mass is 9.82. The van der Waals surface area contributed by atoms with Crippen molar-refractivity contribution in [3.05, 3.63) is 87.6 Å². The zero-order chi connectivity index (χ0) is 39.2.